The molecule has 2 rings (SSSR count). The number of nitrogens with zero attached hydrogens (tertiary/aromatic N) is 1. The highest BCUT2D eigenvalue weighted by molar-refractivity contribution is 7.89. The lowest BCUT2D eigenvalue weighted by Gasteiger charge is -2.12. The molecule has 0 aliphatic heterocycles. The van der Waals surface area contributed by atoms with E-state index >= 15 is 0 Å². The Hall–Kier alpha value is -2.13. The molecule has 1 aromatic carbocycles. The number of benzene rings is 1. The average Bonchev–Trinajstić information content (AvgIpc) is 3.40. The van der Waals surface area contributed by atoms with E-state index in [0.717, 1.165) is 18.4 Å². The summed E-state index contributed by atoms with van der Waals surface area (Å²) in [7, 11) is -3.72. The first kappa shape index (κ1) is 19.2. The Kier molecular flexibility index (Phi) is 6.77. The van der Waals surface area contributed by atoms with Crippen LogP contribution >= 0.6 is 0 Å². The molecule has 25 heavy (non-hydrogen) atoms. The van der Waals surface area contributed by atoms with Crippen LogP contribution in [0, 0.1) is 5.92 Å². The topological polar surface area (TPSA) is 126 Å². The van der Waals surface area contributed by atoms with Gasteiger partial charge in [0, 0.05) is 25.6 Å². The van der Waals surface area contributed by atoms with Gasteiger partial charge in [-0.3, -0.25) is 4.79 Å². The number of amides is 1. The lowest BCUT2D eigenvalue weighted by atomic mass is 10.2. The first-order valence-electron chi connectivity index (χ1n) is 8.31. The molecule has 1 aliphatic rings. The predicted molar refractivity (Wildman–Crippen MR) is 96.4 cm³/mol. The van der Waals surface area contributed by atoms with E-state index in [1.807, 2.05) is 6.92 Å². The zero-order chi connectivity index (χ0) is 18.3. The molecular weight excluding hydrogens is 342 g/mol. The summed E-state index contributed by atoms with van der Waals surface area (Å²) >= 11 is 0. The molecule has 1 fully saturated rings. The van der Waals surface area contributed by atoms with E-state index in [-0.39, 0.29) is 16.7 Å². The number of rotatable bonds is 8. The van der Waals surface area contributed by atoms with Gasteiger partial charge in [-0.25, -0.2) is 18.5 Å². The molecule has 1 amide bonds. The molecule has 0 unspecified atom stereocenters. The number of primary sulfonamides is 1. The first-order valence-corrected chi connectivity index (χ1v) is 9.86. The molecular formula is C16H25N5O3S. The van der Waals surface area contributed by atoms with Crippen molar-refractivity contribution in [1.82, 2.24) is 16.0 Å². The van der Waals surface area contributed by atoms with Crippen LogP contribution < -0.4 is 21.1 Å². The molecule has 0 radical (unpaired) electrons. The minimum absolute atomic E-state index is 0.0703. The number of nitrogens with two attached hydrogens (primary N) is 1. The Morgan fingerprint density at radius 3 is 2.60 bits per heavy atom. The number of aliphatic imine (C=N–C) groups is 1. The van der Waals surface area contributed by atoms with E-state index in [9.17, 15) is 13.2 Å². The smallest absolute Gasteiger partial charge is 0.238 e. The van der Waals surface area contributed by atoms with Crippen molar-refractivity contribution in [1.29, 1.82) is 0 Å². The molecule has 1 saturated carbocycles. The molecule has 0 aromatic heterocycles. The highest BCUT2D eigenvalue weighted by Gasteiger charge is 2.28. The first-order chi connectivity index (χ1) is 11.9. The van der Waals surface area contributed by atoms with Gasteiger partial charge in [0.05, 0.1) is 11.4 Å². The van der Waals surface area contributed by atoms with Gasteiger partial charge < -0.3 is 16.0 Å². The zero-order valence-corrected chi connectivity index (χ0v) is 15.1. The fourth-order valence-electron chi connectivity index (χ4n) is 2.19. The molecule has 0 heterocycles. The molecule has 5 N–H and O–H groups in total. The van der Waals surface area contributed by atoms with Crippen LogP contribution in [0.5, 0.6) is 0 Å². The monoisotopic (exact) mass is 367 g/mol. The molecule has 1 aliphatic carbocycles. The highest BCUT2D eigenvalue weighted by atomic mass is 32.2. The fourth-order valence-corrected chi connectivity index (χ4v) is 2.77. The van der Waals surface area contributed by atoms with Gasteiger partial charge in [-0.1, -0.05) is 12.1 Å². The normalized spacial score (nSPS) is 14.9. The van der Waals surface area contributed by atoms with Crippen LogP contribution in [-0.2, 0) is 21.4 Å². The van der Waals surface area contributed by atoms with Crippen LogP contribution in [0.3, 0.4) is 0 Å². The minimum atomic E-state index is -3.72. The summed E-state index contributed by atoms with van der Waals surface area (Å²) in [4.78, 5) is 16.0. The van der Waals surface area contributed by atoms with E-state index in [1.165, 1.54) is 12.1 Å². The Balaban J connectivity index is 1.86. The second kappa shape index (κ2) is 8.82. The van der Waals surface area contributed by atoms with Crippen molar-refractivity contribution in [3.8, 4) is 0 Å². The summed E-state index contributed by atoms with van der Waals surface area (Å²) in [6.07, 6.45) is 1.97. The number of nitrogens with one attached hydrogen (secondary N) is 3. The summed E-state index contributed by atoms with van der Waals surface area (Å²) in [6, 6.07) is 6.39. The van der Waals surface area contributed by atoms with Gasteiger partial charge in [0.25, 0.3) is 0 Å². The van der Waals surface area contributed by atoms with E-state index < -0.39 is 10.0 Å². The largest absolute Gasteiger partial charge is 0.357 e. The Morgan fingerprint density at radius 1 is 1.24 bits per heavy atom. The van der Waals surface area contributed by atoms with E-state index in [2.05, 4.69) is 20.9 Å². The van der Waals surface area contributed by atoms with Crippen molar-refractivity contribution in [2.45, 2.75) is 31.2 Å². The summed E-state index contributed by atoms with van der Waals surface area (Å²) in [6.45, 7) is 4.04. The van der Waals surface area contributed by atoms with Gasteiger partial charge in [-0.15, -0.1) is 0 Å². The molecule has 8 nitrogen and oxygen atoms in total. The van der Waals surface area contributed by atoms with Crippen molar-refractivity contribution in [2.75, 3.05) is 19.6 Å². The molecule has 1 aromatic rings. The zero-order valence-electron chi connectivity index (χ0n) is 14.3. The van der Waals surface area contributed by atoms with Crippen LogP contribution in [0.1, 0.15) is 25.3 Å². The fraction of sp³-hybridized carbons (Fsp3) is 0.500. The SMILES string of the molecule is CCNC(=NCc1cccc(S(N)(=O)=O)c1)NCCNC(=O)C1CC1. The minimum Gasteiger partial charge on any atom is -0.357 e. The Morgan fingerprint density at radius 2 is 1.96 bits per heavy atom. The maximum Gasteiger partial charge on any atom is 0.238 e. The second-order valence-corrected chi connectivity index (χ2v) is 7.44. The molecule has 9 heteroatoms. The van der Waals surface area contributed by atoms with Crippen LogP contribution in [0.4, 0.5) is 0 Å². The molecule has 138 valence electrons. The van der Waals surface area contributed by atoms with Crippen molar-refractivity contribution in [3.63, 3.8) is 0 Å². The lowest BCUT2D eigenvalue weighted by molar-refractivity contribution is -0.122. The highest BCUT2D eigenvalue weighted by Crippen LogP contribution is 2.28. The van der Waals surface area contributed by atoms with Crippen LogP contribution in [0.15, 0.2) is 34.2 Å². The maximum atomic E-state index is 11.6. The molecule has 0 saturated heterocycles. The second-order valence-electron chi connectivity index (χ2n) is 5.88. The van der Waals surface area contributed by atoms with Crippen LogP contribution in [0.25, 0.3) is 0 Å². The third-order valence-electron chi connectivity index (χ3n) is 3.66. The molecule has 0 spiro atoms. The predicted octanol–water partition coefficient (Wildman–Crippen LogP) is -0.0847. The van der Waals surface area contributed by atoms with Gasteiger partial charge in [0.1, 0.15) is 0 Å². The van der Waals surface area contributed by atoms with Gasteiger partial charge in [0.2, 0.25) is 15.9 Å². The molecule has 0 atom stereocenters. The van der Waals surface area contributed by atoms with Crippen LogP contribution in [-0.4, -0.2) is 39.9 Å². The van der Waals surface area contributed by atoms with Crippen molar-refractivity contribution in [2.24, 2.45) is 16.0 Å². The van der Waals surface area contributed by atoms with Gasteiger partial charge in [-0.2, -0.15) is 0 Å². The van der Waals surface area contributed by atoms with Crippen molar-refractivity contribution < 1.29 is 13.2 Å². The van der Waals surface area contributed by atoms with Gasteiger partial charge >= 0.3 is 0 Å². The number of hydrogen-bond donors (Lipinski definition) is 4. The van der Waals surface area contributed by atoms with Crippen molar-refractivity contribution >= 4 is 21.9 Å². The van der Waals surface area contributed by atoms with Gasteiger partial charge in [0.15, 0.2) is 5.96 Å². The van der Waals surface area contributed by atoms with E-state index in [4.69, 9.17) is 5.14 Å². The van der Waals surface area contributed by atoms with Crippen molar-refractivity contribution in [3.05, 3.63) is 29.8 Å². The number of guanidine groups is 1. The van der Waals surface area contributed by atoms with E-state index in [1.54, 1.807) is 12.1 Å². The third-order valence-corrected chi connectivity index (χ3v) is 4.57. The number of hydrogen-bond acceptors (Lipinski definition) is 4. The summed E-state index contributed by atoms with van der Waals surface area (Å²) in [5.74, 6) is 0.917. The average molecular weight is 367 g/mol. The third kappa shape index (κ3) is 6.71. The molecule has 0 bridgehead atoms. The summed E-state index contributed by atoms with van der Waals surface area (Å²) in [5, 5.41) is 14.2. The number of carbonyl (C=O) groups excluding carboxylic acids is 1. The number of carbonyl (C=O) groups is 1. The van der Waals surface area contributed by atoms with Crippen LogP contribution in [0.2, 0.25) is 0 Å². The van der Waals surface area contributed by atoms with E-state index in [0.29, 0.717) is 32.1 Å². The maximum absolute atomic E-state index is 11.6. The lowest BCUT2D eigenvalue weighted by Crippen LogP contribution is -2.41. The summed E-state index contributed by atoms with van der Waals surface area (Å²) < 4.78 is 22.8. The Labute approximate surface area is 148 Å². The number of sulfonamides is 1. The quantitative estimate of drug-likeness (QED) is 0.290. The Bertz CT molecular complexity index is 729. The summed E-state index contributed by atoms with van der Waals surface area (Å²) in [5.41, 5.74) is 0.741. The standard InChI is InChI=1S/C16H25N5O3S/c1-2-18-16(20-9-8-19-15(22)13-6-7-13)21-11-12-4-3-5-14(10-12)25(17,23)24/h3-5,10,13H,2,6-9,11H2,1H3,(H,19,22)(H2,17,23,24)(H2,18,20,21). The van der Waals surface area contributed by atoms with Gasteiger partial charge in [-0.05, 0) is 37.5 Å².